The Hall–Kier alpha value is -1.77. The first-order valence-corrected chi connectivity index (χ1v) is 4.46. The summed E-state index contributed by atoms with van der Waals surface area (Å²) in [5.74, 6) is 0.632. The van der Waals surface area contributed by atoms with Gasteiger partial charge >= 0.3 is 0 Å². The summed E-state index contributed by atoms with van der Waals surface area (Å²) in [4.78, 5) is 4.26. The third-order valence-corrected chi connectivity index (χ3v) is 2.23. The fourth-order valence-electron chi connectivity index (χ4n) is 1.36. The van der Waals surface area contributed by atoms with Gasteiger partial charge in [0.1, 0.15) is 6.26 Å². The van der Waals surface area contributed by atoms with Crippen molar-refractivity contribution in [3.63, 3.8) is 0 Å². The number of nitrogens with zero attached hydrogens (tertiary/aromatic N) is 1. The highest BCUT2D eigenvalue weighted by atomic mass is 16.3. The number of rotatable bonds is 1. The Bertz CT molecular complexity index is 460. The van der Waals surface area contributed by atoms with Gasteiger partial charge in [0.25, 0.3) is 0 Å². The minimum Gasteiger partial charge on any atom is -0.444 e. The van der Waals surface area contributed by atoms with Crippen LogP contribution >= 0.6 is 0 Å². The summed E-state index contributed by atoms with van der Waals surface area (Å²) in [5, 5.41) is 0. The van der Waals surface area contributed by atoms with E-state index in [1.165, 1.54) is 0 Å². The SMILES string of the molecule is Cc1coc(-c2cccc(N)c2C)n1. The van der Waals surface area contributed by atoms with Gasteiger partial charge in [0.15, 0.2) is 0 Å². The Morgan fingerprint density at radius 2 is 2.07 bits per heavy atom. The van der Waals surface area contributed by atoms with Gasteiger partial charge in [-0.1, -0.05) is 6.07 Å². The van der Waals surface area contributed by atoms with E-state index in [0.717, 1.165) is 22.5 Å². The van der Waals surface area contributed by atoms with E-state index in [1.54, 1.807) is 6.26 Å². The van der Waals surface area contributed by atoms with Crippen molar-refractivity contribution in [1.82, 2.24) is 4.98 Å². The Kier molecular flexibility index (Phi) is 2.00. The van der Waals surface area contributed by atoms with E-state index in [1.807, 2.05) is 32.0 Å². The summed E-state index contributed by atoms with van der Waals surface area (Å²) in [7, 11) is 0. The Morgan fingerprint density at radius 3 is 2.71 bits per heavy atom. The van der Waals surface area contributed by atoms with Crippen LogP contribution in [0.1, 0.15) is 11.3 Å². The topological polar surface area (TPSA) is 52.0 Å². The van der Waals surface area contributed by atoms with Gasteiger partial charge in [-0.15, -0.1) is 0 Å². The molecule has 0 saturated heterocycles. The van der Waals surface area contributed by atoms with Gasteiger partial charge in [-0.2, -0.15) is 0 Å². The molecule has 72 valence electrons. The van der Waals surface area contributed by atoms with Gasteiger partial charge in [0.2, 0.25) is 5.89 Å². The zero-order valence-electron chi connectivity index (χ0n) is 8.24. The maximum atomic E-state index is 5.80. The summed E-state index contributed by atoms with van der Waals surface area (Å²) < 4.78 is 5.32. The number of aromatic nitrogens is 1. The van der Waals surface area contributed by atoms with Crippen molar-refractivity contribution < 1.29 is 4.42 Å². The molecule has 1 aromatic carbocycles. The fourth-order valence-corrected chi connectivity index (χ4v) is 1.36. The van der Waals surface area contributed by atoms with Gasteiger partial charge in [0, 0.05) is 11.3 Å². The molecule has 0 aliphatic carbocycles. The molecular weight excluding hydrogens is 176 g/mol. The van der Waals surface area contributed by atoms with Crippen molar-refractivity contribution in [2.24, 2.45) is 0 Å². The predicted octanol–water partition coefficient (Wildman–Crippen LogP) is 2.54. The molecule has 3 nitrogen and oxygen atoms in total. The standard InChI is InChI=1S/C11H12N2O/c1-7-6-14-11(13-7)9-4-3-5-10(12)8(9)2/h3-6H,12H2,1-2H3. The molecule has 0 fully saturated rings. The van der Waals surface area contributed by atoms with Crippen LogP contribution in [0.4, 0.5) is 5.69 Å². The quantitative estimate of drug-likeness (QED) is 0.699. The zero-order valence-corrected chi connectivity index (χ0v) is 8.24. The van der Waals surface area contributed by atoms with Crippen LogP contribution in [0, 0.1) is 13.8 Å². The number of hydrogen-bond acceptors (Lipinski definition) is 3. The molecule has 0 radical (unpaired) electrons. The van der Waals surface area contributed by atoms with Crippen LogP contribution in [0.5, 0.6) is 0 Å². The third kappa shape index (κ3) is 1.37. The molecule has 1 aromatic heterocycles. The Balaban J connectivity index is 2.57. The second-order valence-electron chi connectivity index (χ2n) is 3.31. The Labute approximate surface area is 82.6 Å². The van der Waals surface area contributed by atoms with Crippen molar-refractivity contribution in [2.45, 2.75) is 13.8 Å². The number of oxazole rings is 1. The van der Waals surface area contributed by atoms with Crippen LogP contribution < -0.4 is 5.73 Å². The molecule has 2 aromatic rings. The van der Waals surface area contributed by atoms with Crippen LogP contribution in [0.3, 0.4) is 0 Å². The highest BCUT2D eigenvalue weighted by Gasteiger charge is 2.08. The summed E-state index contributed by atoms with van der Waals surface area (Å²) >= 11 is 0. The highest BCUT2D eigenvalue weighted by molar-refractivity contribution is 5.66. The van der Waals surface area contributed by atoms with Gasteiger partial charge < -0.3 is 10.2 Å². The summed E-state index contributed by atoms with van der Waals surface area (Å²) in [6.07, 6.45) is 1.64. The molecular formula is C11H12N2O. The molecule has 3 heteroatoms. The first-order valence-electron chi connectivity index (χ1n) is 4.46. The van der Waals surface area contributed by atoms with Crippen LogP contribution in [-0.4, -0.2) is 4.98 Å². The molecule has 0 saturated carbocycles. The lowest BCUT2D eigenvalue weighted by Gasteiger charge is -2.03. The first-order chi connectivity index (χ1) is 6.68. The number of anilines is 1. The molecule has 0 bridgehead atoms. The van der Waals surface area contributed by atoms with E-state index in [-0.39, 0.29) is 0 Å². The van der Waals surface area contributed by atoms with Crippen molar-refractivity contribution in [1.29, 1.82) is 0 Å². The predicted molar refractivity (Wildman–Crippen MR) is 55.8 cm³/mol. The lowest BCUT2D eigenvalue weighted by molar-refractivity contribution is 0.573. The highest BCUT2D eigenvalue weighted by Crippen LogP contribution is 2.25. The molecule has 14 heavy (non-hydrogen) atoms. The molecule has 0 aliphatic rings. The fraction of sp³-hybridized carbons (Fsp3) is 0.182. The lowest BCUT2D eigenvalue weighted by atomic mass is 10.1. The minimum atomic E-state index is 0.632. The average Bonchev–Trinajstić information content (AvgIpc) is 2.57. The number of hydrogen-bond donors (Lipinski definition) is 1. The normalized spacial score (nSPS) is 10.4. The van der Waals surface area contributed by atoms with Gasteiger partial charge in [-0.05, 0) is 31.5 Å². The zero-order chi connectivity index (χ0) is 10.1. The third-order valence-electron chi connectivity index (χ3n) is 2.23. The van der Waals surface area contributed by atoms with Crippen LogP contribution in [0.2, 0.25) is 0 Å². The van der Waals surface area contributed by atoms with Crippen LogP contribution in [0.15, 0.2) is 28.9 Å². The molecule has 0 amide bonds. The van der Waals surface area contributed by atoms with E-state index in [4.69, 9.17) is 10.2 Å². The largest absolute Gasteiger partial charge is 0.444 e. The summed E-state index contributed by atoms with van der Waals surface area (Å²) in [6.45, 7) is 3.86. The number of nitrogen functional groups attached to an aromatic ring is 1. The first kappa shape index (κ1) is 8.81. The smallest absolute Gasteiger partial charge is 0.226 e. The molecule has 0 aliphatic heterocycles. The van der Waals surface area contributed by atoms with Crippen LogP contribution in [0.25, 0.3) is 11.5 Å². The van der Waals surface area contributed by atoms with Crippen LogP contribution in [-0.2, 0) is 0 Å². The van der Waals surface area contributed by atoms with Crippen molar-refractivity contribution >= 4 is 5.69 Å². The monoisotopic (exact) mass is 188 g/mol. The van der Waals surface area contributed by atoms with Gasteiger partial charge in [-0.3, -0.25) is 0 Å². The molecule has 0 unspecified atom stereocenters. The van der Waals surface area contributed by atoms with E-state index >= 15 is 0 Å². The van der Waals surface area contributed by atoms with Gasteiger partial charge in [-0.25, -0.2) is 4.98 Å². The molecule has 0 spiro atoms. The molecule has 2 rings (SSSR count). The van der Waals surface area contributed by atoms with Crippen molar-refractivity contribution in [3.05, 3.63) is 35.7 Å². The molecule has 1 heterocycles. The van der Waals surface area contributed by atoms with E-state index in [2.05, 4.69) is 4.98 Å². The summed E-state index contributed by atoms with van der Waals surface area (Å²) in [5.41, 5.74) is 9.40. The molecule has 0 atom stereocenters. The second kappa shape index (κ2) is 3.18. The number of benzene rings is 1. The van der Waals surface area contributed by atoms with Crippen molar-refractivity contribution in [3.8, 4) is 11.5 Å². The maximum absolute atomic E-state index is 5.80. The number of aryl methyl sites for hydroxylation is 1. The van der Waals surface area contributed by atoms with E-state index in [0.29, 0.717) is 5.89 Å². The van der Waals surface area contributed by atoms with Crippen molar-refractivity contribution in [2.75, 3.05) is 5.73 Å². The summed E-state index contributed by atoms with van der Waals surface area (Å²) in [6, 6.07) is 5.72. The second-order valence-corrected chi connectivity index (χ2v) is 3.31. The van der Waals surface area contributed by atoms with Gasteiger partial charge in [0.05, 0.1) is 5.69 Å². The lowest BCUT2D eigenvalue weighted by Crippen LogP contribution is -1.91. The van der Waals surface area contributed by atoms with E-state index in [9.17, 15) is 0 Å². The van der Waals surface area contributed by atoms with E-state index < -0.39 is 0 Å². The average molecular weight is 188 g/mol. The molecule has 2 N–H and O–H groups in total. The maximum Gasteiger partial charge on any atom is 0.226 e. The minimum absolute atomic E-state index is 0.632. The Morgan fingerprint density at radius 1 is 1.29 bits per heavy atom. The number of nitrogens with two attached hydrogens (primary N) is 1.